The number of benzene rings is 2. The average Bonchev–Trinajstić information content (AvgIpc) is 2.51. The van der Waals surface area contributed by atoms with Crippen molar-refractivity contribution in [1.82, 2.24) is 10.2 Å². The Bertz CT molecular complexity index is 607. The molecule has 0 aliphatic heterocycles. The topological polar surface area (TPSA) is 41.6 Å². The molecule has 0 fully saturated rings. The summed E-state index contributed by atoms with van der Waals surface area (Å²) in [5.41, 5.74) is 1.13. The zero-order valence-electron chi connectivity index (χ0n) is 12.8. The van der Waals surface area contributed by atoms with Crippen molar-refractivity contribution in [2.45, 2.75) is 13.0 Å². The van der Waals surface area contributed by atoms with Crippen LogP contribution < -0.4 is 5.32 Å². The van der Waals surface area contributed by atoms with E-state index in [-0.39, 0.29) is 12.1 Å². The third kappa shape index (κ3) is 3.73. The van der Waals surface area contributed by atoms with E-state index in [2.05, 4.69) is 29.6 Å². The first kappa shape index (κ1) is 15.3. The smallest absolute Gasteiger partial charge is 0.317 e. The molecule has 0 heterocycles. The molecule has 0 aliphatic rings. The highest BCUT2D eigenvalue weighted by Gasteiger charge is 2.14. The number of carbonyl (C=O) groups excluding carboxylic acids is 1. The Hall–Kier alpha value is -2.07. The second kappa shape index (κ2) is 7.09. The molecular formula is C17H22N2O2. The molecule has 2 amide bonds. The zero-order valence-corrected chi connectivity index (χ0v) is 12.8. The summed E-state index contributed by atoms with van der Waals surface area (Å²) in [7, 11) is 3.40. The molecule has 1 unspecified atom stereocenters. The van der Waals surface area contributed by atoms with Crippen molar-refractivity contribution < 1.29 is 9.53 Å². The van der Waals surface area contributed by atoms with Gasteiger partial charge in [0.05, 0.1) is 12.6 Å². The van der Waals surface area contributed by atoms with Gasteiger partial charge < -0.3 is 15.0 Å². The Labute approximate surface area is 125 Å². The number of nitrogens with zero attached hydrogens (tertiary/aromatic N) is 1. The van der Waals surface area contributed by atoms with Gasteiger partial charge in [-0.3, -0.25) is 0 Å². The van der Waals surface area contributed by atoms with Gasteiger partial charge in [-0.2, -0.15) is 0 Å². The molecule has 2 aromatic rings. The van der Waals surface area contributed by atoms with Gasteiger partial charge in [-0.1, -0.05) is 42.5 Å². The van der Waals surface area contributed by atoms with E-state index in [9.17, 15) is 4.79 Å². The molecule has 2 aromatic carbocycles. The molecule has 0 saturated heterocycles. The molecule has 1 atom stereocenters. The minimum atomic E-state index is -0.0903. The molecule has 2 rings (SSSR count). The molecule has 0 aliphatic carbocycles. The fourth-order valence-electron chi connectivity index (χ4n) is 2.33. The first-order valence-corrected chi connectivity index (χ1v) is 7.11. The maximum Gasteiger partial charge on any atom is 0.317 e. The minimum Gasteiger partial charge on any atom is -0.383 e. The molecule has 4 heteroatoms. The fraction of sp³-hybridized carbons (Fsp3) is 0.353. The monoisotopic (exact) mass is 286 g/mol. The van der Waals surface area contributed by atoms with Crippen molar-refractivity contribution in [3.8, 4) is 0 Å². The second-order valence-electron chi connectivity index (χ2n) is 5.15. The van der Waals surface area contributed by atoms with Crippen molar-refractivity contribution in [3.63, 3.8) is 0 Å². The summed E-state index contributed by atoms with van der Waals surface area (Å²) in [4.78, 5) is 13.8. The van der Waals surface area contributed by atoms with Gasteiger partial charge in [-0.25, -0.2) is 4.79 Å². The molecule has 0 bridgehead atoms. The van der Waals surface area contributed by atoms with Gasteiger partial charge in [0, 0.05) is 20.7 Å². The lowest BCUT2D eigenvalue weighted by atomic mass is 10.00. The van der Waals surface area contributed by atoms with E-state index in [1.165, 1.54) is 10.8 Å². The second-order valence-corrected chi connectivity index (χ2v) is 5.15. The number of hydrogen-bond acceptors (Lipinski definition) is 2. The van der Waals surface area contributed by atoms with Crippen LogP contribution in [0.15, 0.2) is 42.5 Å². The van der Waals surface area contributed by atoms with Crippen molar-refractivity contribution in [1.29, 1.82) is 0 Å². The van der Waals surface area contributed by atoms with Gasteiger partial charge in [0.15, 0.2) is 0 Å². The predicted molar refractivity (Wildman–Crippen MR) is 85.4 cm³/mol. The number of rotatable bonds is 5. The molecule has 4 nitrogen and oxygen atoms in total. The summed E-state index contributed by atoms with van der Waals surface area (Å²) in [6.07, 6.45) is 0. The number of fused-ring (bicyclic) bond motifs is 1. The number of nitrogens with one attached hydrogen (secondary N) is 1. The minimum absolute atomic E-state index is 0.0476. The largest absolute Gasteiger partial charge is 0.383 e. The molecular weight excluding hydrogens is 264 g/mol. The third-order valence-electron chi connectivity index (χ3n) is 3.61. The Kier molecular flexibility index (Phi) is 5.17. The highest BCUT2D eigenvalue weighted by atomic mass is 16.5. The maximum atomic E-state index is 12.1. The van der Waals surface area contributed by atoms with E-state index >= 15 is 0 Å². The Balaban J connectivity index is 2.12. The first-order chi connectivity index (χ1) is 10.1. The summed E-state index contributed by atoms with van der Waals surface area (Å²) >= 11 is 0. The summed E-state index contributed by atoms with van der Waals surface area (Å²) in [6, 6.07) is 14.2. The quantitative estimate of drug-likeness (QED) is 0.917. The number of likely N-dealkylation sites (N-methyl/N-ethyl adjacent to an activating group) is 1. The van der Waals surface area contributed by atoms with Gasteiger partial charge >= 0.3 is 6.03 Å². The summed E-state index contributed by atoms with van der Waals surface area (Å²) in [5.74, 6) is 0. The van der Waals surface area contributed by atoms with Crippen LogP contribution in [0.1, 0.15) is 18.5 Å². The van der Waals surface area contributed by atoms with Crippen molar-refractivity contribution >= 4 is 16.8 Å². The van der Waals surface area contributed by atoms with Crippen molar-refractivity contribution in [2.75, 3.05) is 27.3 Å². The number of hydrogen-bond donors (Lipinski definition) is 1. The highest BCUT2D eigenvalue weighted by Crippen LogP contribution is 2.24. The third-order valence-corrected chi connectivity index (χ3v) is 3.61. The number of ether oxygens (including phenoxy) is 1. The number of methoxy groups -OCH3 is 1. The lowest BCUT2D eigenvalue weighted by molar-refractivity contribution is 0.158. The standard InChI is InChI=1S/C17H22N2O2/c1-13(18-17(20)19(2)11-12-21-3)15-10-6-8-14-7-4-5-9-16(14)15/h4-10,13H,11-12H2,1-3H3,(H,18,20). The SMILES string of the molecule is COCCN(C)C(=O)NC(C)c1cccc2ccccc12. The summed E-state index contributed by atoms with van der Waals surface area (Å²) in [6.45, 7) is 3.11. The van der Waals surface area contributed by atoms with E-state index in [0.29, 0.717) is 13.2 Å². The molecule has 0 radical (unpaired) electrons. The van der Waals surface area contributed by atoms with E-state index in [4.69, 9.17) is 4.74 Å². The molecule has 0 spiro atoms. The molecule has 1 N–H and O–H groups in total. The van der Waals surface area contributed by atoms with Crippen LogP contribution in [-0.2, 0) is 4.74 Å². The zero-order chi connectivity index (χ0) is 15.2. The van der Waals surface area contributed by atoms with Crippen LogP contribution >= 0.6 is 0 Å². The van der Waals surface area contributed by atoms with Gasteiger partial charge in [-0.05, 0) is 23.3 Å². The Morgan fingerprint density at radius 3 is 2.71 bits per heavy atom. The van der Waals surface area contributed by atoms with Gasteiger partial charge in [0.25, 0.3) is 0 Å². The number of carbonyl (C=O) groups is 1. The van der Waals surface area contributed by atoms with Crippen molar-refractivity contribution in [3.05, 3.63) is 48.0 Å². The van der Waals surface area contributed by atoms with Gasteiger partial charge in [0.2, 0.25) is 0 Å². The van der Waals surface area contributed by atoms with E-state index < -0.39 is 0 Å². The van der Waals surface area contributed by atoms with Gasteiger partial charge in [-0.15, -0.1) is 0 Å². The van der Waals surface area contributed by atoms with E-state index in [1.807, 2.05) is 25.1 Å². The number of amides is 2. The summed E-state index contributed by atoms with van der Waals surface area (Å²) in [5, 5.41) is 5.39. The van der Waals surface area contributed by atoms with Crippen LogP contribution in [-0.4, -0.2) is 38.2 Å². The lowest BCUT2D eigenvalue weighted by Gasteiger charge is -2.22. The summed E-state index contributed by atoms with van der Waals surface area (Å²) < 4.78 is 4.99. The van der Waals surface area contributed by atoms with Crippen LogP contribution in [0.5, 0.6) is 0 Å². The average molecular weight is 286 g/mol. The highest BCUT2D eigenvalue weighted by molar-refractivity contribution is 5.86. The Morgan fingerprint density at radius 1 is 1.24 bits per heavy atom. The van der Waals surface area contributed by atoms with Crippen LogP contribution in [0.4, 0.5) is 4.79 Å². The predicted octanol–water partition coefficient (Wildman–Crippen LogP) is 3.19. The van der Waals surface area contributed by atoms with Crippen molar-refractivity contribution in [2.24, 2.45) is 0 Å². The molecule has 0 aromatic heterocycles. The fourth-order valence-corrected chi connectivity index (χ4v) is 2.33. The molecule has 112 valence electrons. The van der Waals surface area contributed by atoms with Gasteiger partial charge in [0.1, 0.15) is 0 Å². The van der Waals surface area contributed by atoms with Crippen LogP contribution in [0.2, 0.25) is 0 Å². The normalized spacial score (nSPS) is 12.1. The van der Waals surface area contributed by atoms with E-state index in [0.717, 1.165) is 5.56 Å². The van der Waals surface area contributed by atoms with Crippen LogP contribution in [0.25, 0.3) is 10.8 Å². The maximum absolute atomic E-state index is 12.1. The lowest BCUT2D eigenvalue weighted by Crippen LogP contribution is -2.40. The first-order valence-electron chi connectivity index (χ1n) is 7.11. The van der Waals surface area contributed by atoms with E-state index in [1.54, 1.807) is 19.1 Å². The Morgan fingerprint density at radius 2 is 1.95 bits per heavy atom. The molecule has 0 saturated carbocycles. The molecule has 21 heavy (non-hydrogen) atoms. The van der Waals surface area contributed by atoms with Crippen LogP contribution in [0.3, 0.4) is 0 Å². The number of urea groups is 1. The van der Waals surface area contributed by atoms with Crippen LogP contribution in [0, 0.1) is 0 Å².